The smallest absolute Gasteiger partial charge is 0.0921 e. The van der Waals surface area contributed by atoms with Gasteiger partial charge in [0, 0.05) is 0 Å². The summed E-state index contributed by atoms with van der Waals surface area (Å²) in [4.78, 5) is 0. The lowest BCUT2D eigenvalue weighted by molar-refractivity contribution is 1.19. The Morgan fingerprint density at radius 2 is 1.61 bits per heavy atom. The predicted octanol–water partition coefficient (Wildman–Crippen LogP) is 6.82. The molecule has 3 aromatic carbocycles. The number of benzene rings is 3. The molecule has 0 saturated heterocycles. The molecule has 3 aromatic rings. The van der Waals surface area contributed by atoms with Crippen LogP contribution in [-0.4, -0.2) is 0 Å². The van der Waals surface area contributed by atoms with E-state index in [1.54, 1.807) is 0 Å². The fourth-order valence-electron chi connectivity index (χ4n) is 2.81. The molecule has 23 heavy (non-hydrogen) atoms. The van der Waals surface area contributed by atoms with E-state index in [0.29, 0.717) is 0 Å². The second-order valence-corrected chi connectivity index (χ2v) is 5.89. The minimum atomic E-state index is 0.846. The maximum absolute atomic E-state index is 4.50. The molecule has 0 aliphatic heterocycles. The zero-order valence-electron chi connectivity index (χ0n) is 13.8. The molecule has 3 rings (SSSR count). The topological polar surface area (TPSA) is 24.7 Å². The first-order valence-corrected chi connectivity index (χ1v) is 7.73. The van der Waals surface area contributed by atoms with Crippen molar-refractivity contribution in [3.63, 3.8) is 0 Å². The standard InChI is InChI=1S/C21H20N2/c1-5-17-7-9-19(10-8-17)22-23-21-15(3)13-18-12-14(2)6-11-20(18)16(21)4/h5-13H,1H2,2-4H3. The van der Waals surface area contributed by atoms with Crippen LogP contribution in [0.4, 0.5) is 11.4 Å². The van der Waals surface area contributed by atoms with Crippen LogP contribution in [0, 0.1) is 20.8 Å². The second kappa shape index (κ2) is 6.17. The number of azo groups is 1. The highest BCUT2D eigenvalue weighted by atomic mass is 15.1. The first kappa shape index (κ1) is 15.2. The molecular formula is C21H20N2. The highest BCUT2D eigenvalue weighted by Gasteiger charge is 2.07. The van der Waals surface area contributed by atoms with Crippen LogP contribution < -0.4 is 0 Å². The average molecular weight is 300 g/mol. The molecule has 114 valence electrons. The summed E-state index contributed by atoms with van der Waals surface area (Å²) in [6.07, 6.45) is 1.82. The van der Waals surface area contributed by atoms with E-state index in [1.165, 1.54) is 21.9 Å². The maximum Gasteiger partial charge on any atom is 0.0921 e. The Balaban J connectivity index is 2.03. The molecule has 2 heteroatoms. The van der Waals surface area contributed by atoms with Gasteiger partial charge >= 0.3 is 0 Å². The van der Waals surface area contributed by atoms with E-state index in [2.05, 4.69) is 61.8 Å². The van der Waals surface area contributed by atoms with Crippen molar-refractivity contribution < 1.29 is 0 Å². The Morgan fingerprint density at radius 1 is 0.870 bits per heavy atom. The Kier molecular flexibility index (Phi) is 4.07. The van der Waals surface area contributed by atoms with Crippen molar-refractivity contribution in [1.82, 2.24) is 0 Å². The molecule has 0 spiro atoms. The average Bonchev–Trinajstić information content (AvgIpc) is 2.55. The van der Waals surface area contributed by atoms with Gasteiger partial charge in [-0.2, -0.15) is 5.11 Å². The van der Waals surface area contributed by atoms with Crippen molar-refractivity contribution in [2.24, 2.45) is 10.2 Å². The van der Waals surface area contributed by atoms with Crippen LogP contribution in [0.25, 0.3) is 16.8 Å². The molecular weight excluding hydrogens is 280 g/mol. The lowest BCUT2D eigenvalue weighted by Gasteiger charge is -2.09. The number of rotatable bonds is 3. The fraction of sp³-hybridized carbons (Fsp3) is 0.143. The molecule has 0 fully saturated rings. The van der Waals surface area contributed by atoms with E-state index < -0.39 is 0 Å². The summed E-state index contributed by atoms with van der Waals surface area (Å²) in [5, 5.41) is 11.4. The molecule has 0 heterocycles. The summed E-state index contributed by atoms with van der Waals surface area (Å²) in [5.41, 5.74) is 6.47. The zero-order chi connectivity index (χ0) is 16.4. The molecule has 0 aliphatic carbocycles. The summed E-state index contributed by atoms with van der Waals surface area (Å²) in [6.45, 7) is 10.1. The molecule has 0 saturated carbocycles. The van der Waals surface area contributed by atoms with Gasteiger partial charge in [-0.25, -0.2) is 0 Å². The highest BCUT2D eigenvalue weighted by molar-refractivity contribution is 5.91. The Labute approximate surface area is 137 Å². The van der Waals surface area contributed by atoms with E-state index in [0.717, 1.165) is 22.5 Å². The Bertz CT molecular complexity index is 903. The fourth-order valence-corrected chi connectivity index (χ4v) is 2.81. The van der Waals surface area contributed by atoms with Crippen LogP contribution in [0.15, 0.2) is 65.3 Å². The number of hydrogen-bond acceptors (Lipinski definition) is 2. The van der Waals surface area contributed by atoms with Gasteiger partial charge < -0.3 is 0 Å². The monoisotopic (exact) mass is 300 g/mol. The summed E-state index contributed by atoms with van der Waals surface area (Å²) < 4.78 is 0. The molecule has 0 aliphatic rings. The van der Waals surface area contributed by atoms with Crippen molar-refractivity contribution in [2.45, 2.75) is 20.8 Å². The summed E-state index contributed by atoms with van der Waals surface area (Å²) in [5.74, 6) is 0. The number of aryl methyl sites for hydroxylation is 3. The molecule has 0 bridgehead atoms. The van der Waals surface area contributed by atoms with Gasteiger partial charge in [-0.1, -0.05) is 48.6 Å². The van der Waals surface area contributed by atoms with Gasteiger partial charge in [0.2, 0.25) is 0 Å². The second-order valence-electron chi connectivity index (χ2n) is 5.89. The SMILES string of the molecule is C=Cc1ccc(N=Nc2c(C)cc3cc(C)ccc3c2C)cc1. The first-order chi connectivity index (χ1) is 11.1. The third kappa shape index (κ3) is 3.07. The molecule has 0 amide bonds. The van der Waals surface area contributed by atoms with E-state index >= 15 is 0 Å². The van der Waals surface area contributed by atoms with Gasteiger partial charge in [-0.05, 0) is 66.4 Å². The van der Waals surface area contributed by atoms with Crippen molar-refractivity contribution in [3.8, 4) is 0 Å². The van der Waals surface area contributed by atoms with Crippen molar-refractivity contribution in [2.75, 3.05) is 0 Å². The van der Waals surface area contributed by atoms with Crippen molar-refractivity contribution in [1.29, 1.82) is 0 Å². The van der Waals surface area contributed by atoms with Gasteiger partial charge in [0.05, 0.1) is 11.4 Å². The quantitative estimate of drug-likeness (QED) is 0.474. The summed E-state index contributed by atoms with van der Waals surface area (Å²) in [6, 6.07) is 16.6. The third-order valence-electron chi connectivity index (χ3n) is 4.11. The van der Waals surface area contributed by atoms with Crippen LogP contribution in [0.3, 0.4) is 0 Å². The van der Waals surface area contributed by atoms with Crippen molar-refractivity contribution >= 4 is 28.2 Å². The lowest BCUT2D eigenvalue weighted by Crippen LogP contribution is -1.85. The minimum Gasteiger partial charge on any atom is -0.151 e. The Morgan fingerprint density at radius 3 is 2.30 bits per heavy atom. The van der Waals surface area contributed by atoms with Gasteiger partial charge in [-0.3, -0.25) is 0 Å². The zero-order valence-corrected chi connectivity index (χ0v) is 13.8. The van der Waals surface area contributed by atoms with Crippen LogP contribution in [-0.2, 0) is 0 Å². The molecule has 2 nitrogen and oxygen atoms in total. The third-order valence-corrected chi connectivity index (χ3v) is 4.11. The van der Waals surface area contributed by atoms with Crippen LogP contribution in [0.5, 0.6) is 0 Å². The summed E-state index contributed by atoms with van der Waals surface area (Å²) in [7, 11) is 0. The van der Waals surface area contributed by atoms with Crippen LogP contribution in [0.1, 0.15) is 22.3 Å². The van der Waals surface area contributed by atoms with E-state index in [1.807, 2.05) is 30.3 Å². The van der Waals surface area contributed by atoms with Gasteiger partial charge in [-0.15, -0.1) is 5.11 Å². The maximum atomic E-state index is 4.50. The van der Waals surface area contributed by atoms with E-state index in [4.69, 9.17) is 0 Å². The van der Waals surface area contributed by atoms with Crippen LogP contribution >= 0.6 is 0 Å². The van der Waals surface area contributed by atoms with E-state index in [-0.39, 0.29) is 0 Å². The molecule has 0 aromatic heterocycles. The Hall–Kier alpha value is -2.74. The number of hydrogen-bond donors (Lipinski definition) is 0. The predicted molar refractivity (Wildman–Crippen MR) is 98.9 cm³/mol. The number of fused-ring (bicyclic) bond motifs is 1. The van der Waals surface area contributed by atoms with E-state index in [9.17, 15) is 0 Å². The first-order valence-electron chi connectivity index (χ1n) is 7.73. The minimum absolute atomic E-state index is 0.846. The summed E-state index contributed by atoms with van der Waals surface area (Å²) >= 11 is 0. The number of nitrogens with zero attached hydrogens (tertiary/aromatic N) is 2. The highest BCUT2D eigenvalue weighted by Crippen LogP contribution is 2.33. The molecule has 0 atom stereocenters. The normalized spacial score (nSPS) is 11.3. The van der Waals surface area contributed by atoms with Crippen LogP contribution in [0.2, 0.25) is 0 Å². The van der Waals surface area contributed by atoms with Gasteiger partial charge in [0.15, 0.2) is 0 Å². The largest absolute Gasteiger partial charge is 0.151 e. The lowest BCUT2D eigenvalue weighted by atomic mass is 9.98. The van der Waals surface area contributed by atoms with Gasteiger partial charge in [0.1, 0.15) is 0 Å². The van der Waals surface area contributed by atoms with Gasteiger partial charge in [0.25, 0.3) is 0 Å². The van der Waals surface area contributed by atoms with Crippen molar-refractivity contribution in [3.05, 3.63) is 77.4 Å². The molecule has 0 radical (unpaired) electrons. The molecule has 0 N–H and O–H groups in total. The molecule has 0 unspecified atom stereocenters.